The van der Waals surface area contributed by atoms with Crippen LogP contribution in [0.15, 0.2) is 247 Å². The lowest BCUT2D eigenvalue weighted by atomic mass is 9.33. The molecule has 5 heteroatoms. The molecule has 0 saturated carbocycles. The van der Waals surface area contributed by atoms with Gasteiger partial charge in [-0.15, -0.1) is 0 Å². The summed E-state index contributed by atoms with van der Waals surface area (Å²) in [4.78, 5) is 10.1. The van der Waals surface area contributed by atoms with Crippen LogP contribution in [-0.4, -0.2) is 11.7 Å². The molecule has 0 amide bonds. The van der Waals surface area contributed by atoms with Gasteiger partial charge in [0.1, 0.15) is 5.52 Å². The van der Waals surface area contributed by atoms with Gasteiger partial charge in [-0.05, 0) is 167 Å². The lowest BCUT2D eigenvalue weighted by Crippen LogP contribution is -2.61. The van der Waals surface area contributed by atoms with Gasteiger partial charge < -0.3 is 14.2 Å². The van der Waals surface area contributed by atoms with Crippen molar-refractivity contribution in [2.75, 3.05) is 9.80 Å². The second-order valence-corrected chi connectivity index (χ2v) is 18.8. The smallest absolute Gasteiger partial charge is 0.252 e. The van der Waals surface area contributed by atoms with Crippen LogP contribution in [0.5, 0.6) is 0 Å². The fraction of sp³-hybridized carbons (Fsp3) is 0. The van der Waals surface area contributed by atoms with E-state index in [0.717, 1.165) is 50.8 Å². The molecule has 70 heavy (non-hydrogen) atoms. The number of fused-ring (bicyclic) bond motifs is 9. The van der Waals surface area contributed by atoms with Crippen LogP contribution in [0.1, 0.15) is 0 Å². The molecular weight excluding hydrogens is 850 g/mol. The van der Waals surface area contributed by atoms with Crippen LogP contribution in [-0.2, 0) is 0 Å². The average molecular weight is 890 g/mol. The third kappa shape index (κ3) is 6.08. The van der Waals surface area contributed by atoms with Gasteiger partial charge in [-0.25, -0.2) is 4.98 Å². The second-order valence-electron chi connectivity index (χ2n) is 18.8. The van der Waals surface area contributed by atoms with Crippen molar-refractivity contribution in [1.29, 1.82) is 0 Å². The largest absolute Gasteiger partial charge is 0.436 e. The summed E-state index contributed by atoms with van der Waals surface area (Å²) in [6.07, 6.45) is 0. The Kier molecular flexibility index (Phi) is 8.42. The van der Waals surface area contributed by atoms with Crippen LogP contribution in [0.2, 0.25) is 0 Å². The zero-order valence-corrected chi connectivity index (χ0v) is 37.9. The average Bonchev–Trinajstić information content (AvgIpc) is 3.86. The Morgan fingerprint density at radius 3 is 1.17 bits per heavy atom. The van der Waals surface area contributed by atoms with E-state index < -0.39 is 0 Å². The Bertz CT molecular complexity index is 3970. The molecule has 0 atom stereocenters. The summed E-state index contributed by atoms with van der Waals surface area (Å²) in [5, 5.41) is 9.74. The molecule has 0 unspecified atom stereocenters. The molecule has 0 saturated heterocycles. The number of benzene rings is 12. The minimum atomic E-state index is -0.112. The van der Waals surface area contributed by atoms with Gasteiger partial charge in [-0.2, -0.15) is 0 Å². The van der Waals surface area contributed by atoms with Gasteiger partial charge in [0.15, 0.2) is 5.58 Å². The molecule has 4 nitrogen and oxygen atoms in total. The molecule has 0 N–H and O–H groups in total. The summed E-state index contributed by atoms with van der Waals surface area (Å²) in [5.74, 6) is 0.585. The van der Waals surface area contributed by atoms with E-state index in [1.54, 1.807) is 0 Å². The predicted molar refractivity (Wildman–Crippen MR) is 294 cm³/mol. The van der Waals surface area contributed by atoms with Crippen LogP contribution in [0, 0.1) is 0 Å². The maximum absolute atomic E-state index is 6.69. The van der Waals surface area contributed by atoms with E-state index in [4.69, 9.17) is 9.40 Å². The van der Waals surface area contributed by atoms with Crippen LogP contribution in [0.4, 0.5) is 34.1 Å². The van der Waals surface area contributed by atoms with Crippen molar-refractivity contribution >= 4 is 111 Å². The molecule has 0 radical (unpaired) electrons. The summed E-state index contributed by atoms with van der Waals surface area (Å²) < 4.78 is 6.69. The first kappa shape index (κ1) is 38.9. The maximum atomic E-state index is 6.69. The summed E-state index contributed by atoms with van der Waals surface area (Å²) in [6, 6.07) is 88.8. The lowest BCUT2D eigenvalue weighted by Gasteiger charge is -2.44. The molecule has 0 spiro atoms. The number of hydrogen-bond donors (Lipinski definition) is 0. The lowest BCUT2D eigenvalue weighted by molar-refractivity contribution is 0.620. The molecule has 12 aromatic carbocycles. The van der Waals surface area contributed by atoms with Crippen molar-refractivity contribution in [3.63, 3.8) is 0 Å². The Balaban J connectivity index is 1.06. The molecule has 0 aliphatic carbocycles. The highest BCUT2D eigenvalue weighted by molar-refractivity contribution is 7.00. The van der Waals surface area contributed by atoms with E-state index in [-0.39, 0.29) is 6.71 Å². The highest BCUT2D eigenvalue weighted by Gasteiger charge is 2.44. The Hall–Kier alpha value is -9.19. The Labute approximate surface area is 405 Å². The molecule has 2 aliphatic rings. The van der Waals surface area contributed by atoms with Crippen LogP contribution in [0.3, 0.4) is 0 Å². The normalized spacial score (nSPS) is 12.8. The first-order valence-electron chi connectivity index (χ1n) is 24.0. The van der Waals surface area contributed by atoms with Gasteiger partial charge in [-0.1, -0.05) is 158 Å². The number of anilines is 6. The molecular formula is C65H40BN3O. The predicted octanol–water partition coefficient (Wildman–Crippen LogP) is 15.5. The second kappa shape index (κ2) is 15.2. The SMILES string of the molecule is c1ccc(-c2ccc(N3c4cc5cc6ccccc6cc5cc4B4c5cc6cc7ccccc7cc6cc5N(c5ccc(-c6ccccc6)cc5)c5cc(-c6nc7ccccc7o6)cc3c54)cc2)cc1. The quantitative estimate of drug-likeness (QED) is 0.127. The molecule has 2 aliphatic heterocycles. The maximum Gasteiger partial charge on any atom is 0.252 e. The third-order valence-electron chi connectivity index (χ3n) is 14.7. The van der Waals surface area contributed by atoms with E-state index in [1.807, 2.05) is 24.3 Å². The molecule has 0 bridgehead atoms. The summed E-state index contributed by atoms with van der Waals surface area (Å²) in [5.41, 5.74) is 17.6. The third-order valence-corrected chi connectivity index (χ3v) is 14.7. The first-order chi connectivity index (χ1) is 34.6. The van der Waals surface area contributed by atoms with E-state index >= 15 is 0 Å². The van der Waals surface area contributed by atoms with E-state index in [9.17, 15) is 0 Å². The van der Waals surface area contributed by atoms with Crippen molar-refractivity contribution in [3.8, 4) is 33.7 Å². The minimum Gasteiger partial charge on any atom is -0.436 e. The van der Waals surface area contributed by atoms with Gasteiger partial charge in [-0.3, -0.25) is 0 Å². The van der Waals surface area contributed by atoms with Gasteiger partial charge in [0, 0.05) is 39.7 Å². The molecule has 1 aromatic heterocycles. The number of aromatic nitrogens is 1. The minimum absolute atomic E-state index is 0.112. The van der Waals surface area contributed by atoms with Crippen molar-refractivity contribution in [2.24, 2.45) is 0 Å². The van der Waals surface area contributed by atoms with E-state index in [2.05, 4.69) is 228 Å². The van der Waals surface area contributed by atoms with Crippen LogP contribution in [0.25, 0.3) is 87.9 Å². The van der Waals surface area contributed by atoms with Gasteiger partial charge in [0.25, 0.3) is 6.71 Å². The van der Waals surface area contributed by atoms with Gasteiger partial charge in [0.05, 0.1) is 0 Å². The van der Waals surface area contributed by atoms with Crippen LogP contribution < -0.4 is 26.2 Å². The molecule has 3 heterocycles. The summed E-state index contributed by atoms with van der Waals surface area (Å²) >= 11 is 0. The highest BCUT2D eigenvalue weighted by Crippen LogP contribution is 2.48. The number of para-hydroxylation sites is 2. The first-order valence-corrected chi connectivity index (χ1v) is 24.0. The number of rotatable bonds is 5. The van der Waals surface area contributed by atoms with Crippen molar-refractivity contribution in [2.45, 2.75) is 0 Å². The zero-order valence-electron chi connectivity index (χ0n) is 37.9. The summed E-state index contributed by atoms with van der Waals surface area (Å²) in [7, 11) is 0. The number of nitrogens with zero attached hydrogens (tertiary/aromatic N) is 3. The molecule has 13 aromatic rings. The molecule has 0 fully saturated rings. The number of oxazole rings is 1. The van der Waals surface area contributed by atoms with Gasteiger partial charge >= 0.3 is 0 Å². The highest BCUT2D eigenvalue weighted by atomic mass is 16.3. The Morgan fingerprint density at radius 1 is 0.314 bits per heavy atom. The number of hydrogen-bond acceptors (Lipinski definition) is 4. The topological polar surface area (TPSA) is 32.5 Å². The summed E-state index contributed by atoms with van der Waals surface area (Å²) in [6.45, 7) is -0.112. The standard InChI is InChI=1S/C65H40BN3O/c1-3-13-41(14-4-1)43-23-27-54(28-24-43)68-59-37-51-33-47-19-9-7-17-45(47)31-49(51)35-56(59)66-57-36-50-32-46-18-8-10-20-48(46)34-52(50)38-60(57)69(55-29-25-44(26-30-55)42-15-5-2-6-16-42)62-40-53(39-61(68)64(62)66)65-67-58-21-11-12-22-63(58)70-65/h1-40H. The molecule has 324 valence electrons. The zero-order chi connectivity index (χ0) is 45.9. The van der Waals surface area contributed by atoms with Crippen LogP contribution >= 0.6 is 0 Å². The van der Waals surface area contributed by atoms with Crippen molar-refractivity contribution < 1.29 is 4.42 Å². The fourth-order valence-corrected chi connectivity index (χ4v) is 11.4. The van der Waals surface area contributed by atoms with Crippen molar-refractivity contribution in [1.82, 2.24) is 4.98 Å². The molecule has 15 rings (SSSR count). The van der Waals surface area contributed by atoms with E-state index in [0.29, 0.717) is 5.89 Å². The van der Waals surface area contributed by atoms with Crippen molar-refractivity contribution in [3.05, 3.63) is 243 Å². The van der Waals surface area contributed by atoms with E-state index in [1.165, 1.54) is 81.7 Å². The fourth-order valence-electron chi connectivity index (χ4n) is 11.4. The monoisotopic (exact) mass is 889 g/mol. The Morgan fingerprint density at radius 2 is 0.714 bits per heavy atom. The van der Waals surface area contributed by atoms with Gasteiger partial charge in [0.2, 0.25) is 5.89 Å².